The molecule has 0 aliphatic carbocycles. The first-order chi connectivity index (χ1) is 3.18. The Morgan fingerprint density at radius 2 is 1.88 bits per heavy atom. The van der Waals surface area contributed by atoms with Gasteiger partial charge in [0.15, 0.2) is 0 Å². The van der Waals surface area contributed by atoms with Crippen LogP contribution in [0.3, 0.4) is 0 Å². The summed E-state index contributed by atoms with van der Waals surface area (Å²) in [5.74, 6) is 1.60. The number of carbonyl (C=O) groups is 2. The summed E-state index contributed by atoms with van der Waals surface area (Å²) in [7, 11) is 0. The molecule has 0 heterocycles. The van der Waals surface area contributed by atoms with Gasteiger partial charge in [0.1, 0.15) is 0 Å². The van der Waals surface area contributed by atoms with Crippen LogP contribution in [0.4, 0.5) is 0 Å². The zero-order valence-corrected chi connectivity index (χ0v) is 4.58. The normalized spacial score (nSPS) is 6.62. The Hall–Kier alpha value is -0.581. The van der Waals surface area contributed by atoms with E-state index in [1.165, 1.54) is 5.43 Å². The Bertz CT molecular complexity index is 103. The molecular formula is C2H4CuN2O3. The van der Waals surface area contributed by atoms with E-state index < -0.39 is 11.9 Å². The van der Waals surface area contributed by atoms with Crippen LogP contribution in [0, 0.1) is 0 Å². The van der Waals surface area contributed by atoms with Crippen molar-refractivity contribution < 1.29 is 31.8 Å². The van der Waals surface area contributed by atoms with Crippen LogP contribution in [0.15, 0.2) is 0 Å². The summed E-state index contributed by atoms with van der Waals surface area (Å²) in [5, 5.41) is 7.69. The molecule has 6 heteroatoms. The maximum atomic E-state index is 9.68. The maximum Gasteiger partial charge on any atom is 0.395 e. The monoisotopic (exact) mass is 167 g/mol. The van der Waals surface area contributed by atoms with Crippen molar-refractivity contribution in [3.05, 3.63) is 0 Å². The second-order valence-corrected chi connectivity index (χ2v) is 0.779. The van der Waals surface area contributed by atoms with Gasteiger partial charge in [-0.2, -0.15) is 0 Å². The predicted molar refractivity (Wildman–Crippen MR) is 20.0 cm³/mol. The Morgan fingerprint density at radius 3 is 1.88 bits per heavy atom. The van der Waals surface area contributed by atoms with Crippen LogP contribution in [0.1, 0.15) is 0 Å². The fraction of sp³-hybridized carbons (Fsp3) is 0. The topological polar surface area (TPSA) is 92.4 Å². The molecule has 1 radical (unpaired) electrons. The minimum Gasteiger partial charge on any atom is -0.474 e. The van der Waals surface area contributed by atoms with Gasteiger partial charge in [-0.25, -0.2) is 10.6 Å². The summed E-state index contributed by atoms with van der Waals surface area (Å²) in [4.78, 5) is 19.1. The van der Waals surface area contributed by atoms with Gasteiger partial charge >= 0.3 is 11.9 Å². The van der Waals surface area contributed by atoms with Gasteiger partial charge in [0.2, 0.25) is 0 Å². The van der Waals surface area contributed by atoms with Crippen molar-refractivity contribution in [2.45, 2.75) is 0 Å². The van der Waals surface area contributed by atoms with Crippen LogP contribution in [0.2, 0.25) is 0 Å². The van der Waals surface area contributed by atoms with Crippen LogP contribution >= 0.6 is 0 Å². The number of hydrogen-bond acceptors (Lipinski definition) is 3. The second kappa shape index (κ2) is 4.58. The molecule has 1 amide bonds. The predicted octanol–water partition coefficient (Wildman–Crippen LogP) is -1.94. The van der Waals surface area contributed by atoms with E-state index in [9.17, 15) is 9.59 Å². The van der Waals surface area contributed by atoms with Crippen molar-refractivity contribution in [3.63, 3.8) is 0 Å². The number of amides is 1. The molecule has 5 nitrogen and oxygen atoms in total. The number of carboxylic acid groups (broad SMARTS) is 1. The maximum absolute atomic E-state index is 9.68. The first-order valence-corrected chi connectivity index (χ1v) is 1.42. The molecule has 0 aliphatic heterocycles. The zero-order chi connectivity index (χ0) is 5.86. The number of rotatable bonds is 0. The Kier molecular flexibility index (Phi) is 5.95. The van der Waals surface area contributed by atoms with Crippen molar-refractivity contribution in [1.82, 2.24) is 5.43 Å². The van der Waals surface area contributed by atoms with Gasteiger partial charge in [-0.05, 0) is 0 Å². The van der Waals surface area contributed by atoms with Gasteiger partial charge in [-0.3, -0.25) is 10.2 Å². The van der Waals surface area contributed by atoms with Crippen molar-refractivity contribution in [2.24, 2.45) is 5.84 Å². The van der Waals surface area contributed by atoms with Crippen LogP contribution < -0.4 is 11.3 Å². The van der Waals surface area contributed by atoms with E-state index in [0.29, 0.717) is 0 Å². The fourth-order valence-corrected chi connectivity index (χ4v) is 0.0617. The minimum atomic E-state index is -1.58. The van der Waals surface area contributed by atoms with Crippen LogP contribution in [0.25, 0.3) is 0 Å². The average Bonchev–Trinajstić information content (AvgIpc) is 1.65. The number of aliphatic carboxylic acids is 1. The van der Waals surface area contributed by atoms with Gasteiger partial charge in [-0.15, -0.1) is 0 Å². The largest absolute Gasteiger partial charge is 0.474 e. The molecule has 0 saturated carbocycles. The molecule has 51 valence electrons. The number of carboxylic acids is 1. The van der Waals surface area contributed by atoms with Gasteiger partial charge < -0.3 is 5.11 Å². The Morgan fingerprint density at radius 1 is 1.50 bits per heavy atom. The molecule has 0 aromatic heterocycles. The van der Waals surface area contributed by atoms with E-state index in [1.807, 2.05) is 0 Å². The van der Waals surface area contributed by atoms with Crippen LogP contribution in [-0.2, 0) is 26.7 Å². The third kappa shape index (κ3) is 3.60. The molecule has 0 atom stereocenters. The summed E-state index contributed by atoms with van der Waals surface area (Å²) < 4.78 is 0. The summed E-state index contributed by atoms with van der Waals surface area (Å²) >= 11 is 0. The van der Waals surface area contributed by atoms with Gasteiger partial charge in [0.25, 0.3) is 0 Å². The van der Waals surface area contributed by atoms with Gasteiger partial charge in [0, 0.05) is 17.1 Å². The van der Waals surface area contributed by atoms with Crippen molar-refractivity contribution in [1.29, 1.82) is 0 Å². The Balaban J connectivity index is 0. The first kappa shape index (κ1) is 10.4. The molecule has 0 fully saturated rings. The van der Waals surface area contributed by atoms with Gasteiger partial charge in [0.05, 0.1) is 0 Å². The molecule has 0 bridgehead atoms. The Labute approximate surface area is 55.7 Å². The third-order valence-electron chi connectivity index (χ3n) is 0.325. The van der Waals surface area contributed by atoms with Crippen molar-refractivity contribution in [3.8, 4) is 0 Å². The summed E-state index contributed by atoms with van der Waals surface area (Å²) in [5.41, 5.74) is 1.43. The fourth-order valence-electron chi connectivity index (χ4n) is 0.0617. The molecule has 0 aliphatic rings. The SMILES string of the molecule is NNC(=O)C(=O)O.[Cu]. The van der Waals surface area contributed by atoms with Crippen molar-refractivity contribution >= 4 is 11.9 Å². The number of nitrogens with two attached hydrogens (primary N) is 1. The molecule has 8 heavy (non-hydrogen) atoms. The van der Waals surface area contributed by atoms with Crippen LogP contribution in [-0.4, -0.2) is 17.0 Å². The summed E-state index contributed by atoms with van der Waals surface area (Å²) in [6.07, 6.45) is 0. The summed E-state index contributed by atoms with van der Waals surface area (Å²) in [6, 6.07) is 0. The van der Waals surface area contributed by atoms with E-state index in [0.717, 1.165) is 0 Å². The molecule has 4 N–H and O–H groups in total. The molecule has 0 aromatic rings. The van der Waals surface area contributed by atoms with E-state index in [2.05, 4.69) is 5.84 Å². The number of hydrazine groups is 1. The minimum absolute atomic E-state index is 0. The van der Waals surface area contributed by atoms with E-state index in [4.69, 9.17) is 5.11 Å². The van der Waals surface area contributed by atoms with Crippen LogP contribution in [0.5, 0.6) is 0 Å². The molecule has 0 spiro atoms. The molecule has 0 unspecified atom stereocenters. The van der Waals surface area contributed by atoms with Crippen molar-refractivity contribution in [2.75, 3.05) is 0 Å². The molecule has 0 saturated heterocycles. The number of hydrogen-bond donors (Lipinski definition) is 3. The van der Waals surface area contributed by atoms with E-state index in [-0.39, 0.29) is 17.1 Å². The quantitative estimate of drug-likeness (QED) is 0.129. The molecular weight excluding hydrogens is 164 g/mol. The number of carbonyl (C=O) groups excluding carboxylic acids is 1. The standard InChI is InChI=1S/C2H4N2O3.Cu/c3-4-1(5)2(6)7;/h3H2,(H,4,5)(H,6,7);. The average molecular weight is 168 g/mol. The second-order valence-electron chi connectivity index (χ2n) is 0.779. The first-order valence-electron chi connectivity index (χ1n) is 1.42. The number of nitrogens with one attached hydrogen (secondary N) is 1. The molecule has 0 rings (SSSR count). The third-order valence-corrected chi connectivity index (χ3v) is 0.325. The summed E-state index contributed by atoms with van der Waals surface area (Å²) in [6.45, 7) is 0. The van der Waals surface area contributed by atoms with E-state index >= 15 is 0 Å². The zero-order valence-electron chi connectivity index (χ0n) is 3.64. The van der Waals surface area contributed by atoms with Gasteiger partial charge in [-0.1, -0.05) is 0 Å². The van der Waals surface area contributed by atoms with E-state index in [1.54, 1.807) is 0 Å². The molecule has 0 aromatic carbocycles. The smallest absolute Gasteiger partial charge is 0.395 e.